The first kappa shape index (κ1) is 16.2. The van der Waals surface area contributed by atoms with Gasteiger partial charge in [0.25, 0.3) is 0 Å². The van der Waals surface area contributed by atoms with Crippen molar-refractivity contribution in [2.24, 2.45) is 13.0 Å². The van der Waals surface area contributed by atoms with Crippen molar-refractivity contribution >= 4 is 22.6 Å². The molecule has 1 N–H and O–H groups in total. The second-order valence-corrected chi connectivity index (χ2v) is 7.25. The van der Waals surface area contributed by atoms with Crippen LogP contribution in [0.15, 0.2) is 36.8 Å². The number of aromatic nitrogens is 3. The first-order chi connectivity index (χ1) is 13.1. The van der Waals surface area contributed by atoms with Gasteiger partial charge in [-0.3, -0.25) is 9.78 Å². The standard InChI is InChI=1S/C20H19FN4O2/c1-25-16(13-4-5-22-10-18(13)27-12-2-3-12)6-11-7-19(23-9-17(11)25)24-20(26)14-8-15(14)21/h4-7,9-10,12,14-15H,2-3,8H2,1H3,(H,23,24,26)/t14-,15+/m1/s1. The second-order valence-electron chi connectivity index (χ2n) is 7.25. The van der Waals surface area contributed by atoms with E-state index in [-0.39, 0.29) is 12.0 Å². The van der Waals surface area contributed by atoms with Crippen molar-refractivity contribution in [1.82, 2.24) is 14.5 Å². The molecule has 0 aromatic carbocycles. The van der Waals surface area contributed by atoms with Gasteiger partial charge < -0.3 is 14.6 Å². The van der Waals surface area contributed by atoms with E-state index in [9.17, 15) is 9.18 Å². The maximum Gasteiger partial charge on any atom is 0.231 e. The zero-order valence-corrected chi connectivity index (χ0v) is 14.9. The Balaban J connectivity index is 1.49. The van der Waals surface area contributed by atoms with Crippen molar-refractivity contribution < 1.29 is 13.9 Å². The Morgan fingerprint density at radius 2 is 2.15 bits per heavy atom. The van der Waals surface area contributed by atoms with Crippen LogP contribution in [0.5, 0.6) is 5.75 Å². The SMILES string of the molecule is Cn1c(-c2ccncc2OC2CC2)cc2cc(NC(=O)[C@@H]3C[C@@H]3F)ncc21. The number of carbonyl (C=O) groups is 1. The second kappa shape index (κ2) is 6.04. The van der Waals surface area contributed by atoms with Crippen molar-refractivity contribution in [1.29, 1.82) is 0 Å². The van der Waals surface area contributed by atoms with Crippen molar-refractivity contribution in [3.63, 3.8) is 0 Å². The van der Waals surface area contributed by atoms with Gasteiger partial charge >= 0.3 is 0 Å². The van der Waals surface area contributed by atoms with Crippen molar-refractivity contribution in [3.8, 4) is 17.0 Å². The largest absolute Gasteiger partial charge is 0.488 e. The highest BCUT2D eigenvalue weighted by Gasteiger charge is 2.43. The van der Waals surface area contributed by atoms with Crippen LogP contribution < -0.4 is 10.1 Å². The van der Waals surface area contributed by atoms with Crippen LogP contribution in [0.4, 0.5) is 10.2 Å². The van der Waals surface area contributed by atoms with Gasteiger partial charge in [-0.1, -0.05) is 0 Å². The van der Waals surface area contributed by atoms with Crippen LogP contribution in [0.2, 0.25) is 0 Å². The number of hydrogen-bond acceptors (Lipinski definition) is 4. The van der Waals surface area contributed by atoms with Gasteiger partial charge in [-0.2, -0.15) is 0 Å². The zero-order chi connectivity index (χ0) is 18.5. The molecule has 0 radical (unpaired) electrons. The van der Waals surface area contributed by atoms with E-state index in [2.05, 4.69) is 15.3 Å². The summed E-state index contributed by atoms with van der Waals surface area (Å²) in [5.41, 5.74) is 2.89. The van der Waals surface area contributed by atoms with Gasteiger partial charge in [0.15, 0.2) is 0 Å². The summed E-state index contributed by atoms with van der Waals surface area (Å²) in [7, 11) is 1.97. The third kappa shape index (κ3) is 3.03. The van der Waals surface area contributed by atoms with Crippen LogP contribution in [0.25, 0.3) is 22.2 Å². The molecule has 5 rings (SSSR count). The number of pyridine rings is 2. The van der Waals surface area contributed by atoms with Gasteiger partial charge in [-0.15, -0.1) is 0 Å². The number of alkyl halides is 1. The van der Waals surface area contributed by atoms with E-state index in [0.29, 0.717) is 12.2 Å². The van der Waals surface area contributed by atoms with Crippen LogP contribution in [-0.4, -0.2) is 32.7 Å². The molecule has 2 aliphatic rings. The first-order valence-corrected chi connectivity index (χ1v) is 9.11. The summed E-state index contributed by atoms with van der Waals surface area (Å²) in [5.74, 6) is 0.371. The van der Waals surface area contributed by atoms with Crippen LogP contribution in [0.1, 0.15) is 19.3 Å². The zero-order valence-electron chi connectivity index (χ0n) is 14.9. The Morgan fingerprint density at radius 1 is 1.33 bits per heavy atom. The molecule has 7 heteroatoms. The summed E-state index contributed by atoms with van der Waals surface area (Å²) in [5, 5.41) is 3.65. The molecule has 2 aliphatic carbocycles. The lowest BCUT2D eigenvalue weighted by Crippen LogP contribution is -2.15. The van der Waals surface area contributed by atoms with Gasteiger partial charge in [-0.25, -0.2) is 9.37 Å². The molecule has 3 aromatic heterocycles. The fraction of sp³-hybridized carbons (Fsp3) is 0.350. The van der Waals surface area contributed by atoms with E-state index < -0.39 is 12.1 Å². The van der Waals surface area contributed by atoms with Crippen LogP contribution in [0, 0.1) is 5.92 Å². The highest BCUT2D eigenvalue weighted by molar-refractivity contribution is 5.96. The maximum absolute atomic E-state index is 13.1. The summed E-state index contributed by atoms with van der Waals surface area (Å²) in [6.07, 6.45) is 6.94. The van der Waals surface area contributed by atoms with Crippen LogP contribution >= 0.6 is 0 Å². The fourth-order valence-corrected chi connectivity index (χ4v) is 3.27. The van der Waals surface area contributed by atoms with Crippen molar-refractivity contribution in [2.45, 2.75) is 31.5 Å². The molecule has 3 heterocycles. The molecule has 0 bridgehead atoms. The van der Waals surface area contributed by atoms with Crippen molar-refractivity contribution in [2.75, 3.05) is 5.32 Å². The smallest absolute Gasteiger partial charge is 0.231 e. The Labute approximate surface area is 155 Å². The molecule has 2 atom stereocenters. The average Bonchev–Trinajstić information content (AvgIpc) is 3.57. The number of nitrogens with one attached hydrogen (secondary N) is 1. The van der Waals surface area contributed by atoms with Gasteiger partial charge in [-0.05, 0) is 37.5 Å². The number of rotatable bonds is 5. The summed E-state index contributed by atoms with van der Waals surface area (Å²) >= 11 is 0. The molecule has 2 saturated carbocycles. The number of anilines is 1. The number of aryl methyl sites for hydroxylation is 1. The fourth-order valence-electron chi connectivity index (χ4n) is 3.27. The van der Waals surface area contributed by atoms with E-state index in [1.165, 1.54) is 0 Å². The lowest BCUT2D eigenvalue weighted by Gasteiger charge is -2.11. The van der Waals surface area contributed by atoms with E-state index in [1.54, 1.807) is 18.6 Å². The summed E-state index contributed by atoms with van der Waals surface area (Å²) in [4.78, 5) is 20.4. The van der Waals surface area contributed by atoms with E-state index in [0.717, 1.165) is 40.8 Å². The lowest BCUT2D eigenvalue weighted by atomic mass is 10.1. The predicted molar refractivity (Wildman–Crippen MR) is 99.2 cm³/mol. The molecule has 0 unspecified atom stereocenters. The first-order valence-electron chi connectivity index (χ1n) is 9.11. The quantitative estimate of drug-likeness (QED) is 0.751. The Bertz CT molecular complexity index is 1040. The van der Waals surface area contributed by atoms with E-state index in [1.807, 2.05) is 29.8 Å². The number of halogens is 1. The number of fused-ring (bicyclic) bond motifs is 1. The van der Waals surface area contributed by atoms with Gasteiger partial charge in [0.2, 0.25) is 5.91 Å². The third-order valence-electron chi connectivity index (χ3n) is 5.11. The highest BCUT2D eigenvalue weighted by Crippen LogP contribution is 2.37. The normalized spacial score (nSPS) is 21.3. The van der Waals surface area contributed by atoms with Gasteiger partial charge in [0.05, 0.1) is 35.6 Å². The lowest BCUT2D eigenvalue weighted by molar-refractivity contribution is -0.117. The minimum absolute atomic E-state index is 0.285. The van der Waals surface area contributed by atoms with Gasteiger partial charge in [0, 0.05) is 24.2 Å². The van der Waals surface area contributed by atoms with Crippen molar-refractivity contribution in [3.05, 3.63) is 36.8 Å². The molecule has 6 nitrogen and oxygen atoms in total. The predicted octanol–water partition coefficient (Wildman–Crippen LogP) is 3.47. The summed E-state index contributed by atoms with van der Waals surface area (Å²) < 4.78 is 21.1. The van der Waals surface area contributed by atoms with E-state index in [4.69, 9.17) is 4.74 Å². The summed E-state index contributed by atoms with van der Waals surface area (Å²) in [6, 6.07) is 5.79. The molecule has 0 aliphatic heterocycles. The van der Waals surface area contributed by atoms with Gasteiger partial charge in [0.1, 0.15) is 17.7 Å². The molecule has 138 valence electrons. The monoisotopic (exact) mass is 366 g/mol. The minimum Gasteiger partial charge on any atom is -0.488 e. The molecule has 27 heavy (non-hydrogen) atoms. The molecular weight excluding hydrogens is 347 g/mol. The minimum atomic E-state index is -1.02. The number of ether oxygens (including phenoxy) is 1. The Kier molecular flexibility index (Phi) is 3.63. The highest BCUT2D eigenvalue weighted by atomic mass is 19.1. The Hall–Kier alpha value is -2.96. The Morgan fingerprint density at radius 3 is 2.89 bits per heavy atom. The average molecular weight is 366 g/mol. The number of amides is 1. The molecule has 0 spiro atoms. The molecule has 1 amide bonds. The number of nitrogens with zero attached hydrogens (tertiary/aromatic N) is 3. The topological polar surface area (TPSA) is 69.0 Å². The van der Waals surface area contributed by atoms with Crippen LogP contribution in [-0.2, 0) is 11.8 Å². The molecule has 2 fully saturated rings. The third-order valence-corrected chi connectivity index (χ3v) is 5.11. The molecule has 0 saturated heterocycles. The number of carbonyl (C=O) groups excluding carboxylic acids is 1. The number of hydrogen-bond donors (Lipinski definition) is 1. The van der Waals surface area contributed by atoms with Crippen LogP contribution in [0.3, 0.4) is 0 Å². The molecule has 3 aromatic rings. The maximum atomic E-state index is 13.1. The van der Waals surface area contributed by atoms with E-state index >= 15 is 0 Å². The molecular formula is C20H19FN4O2. The summed E-state index contributed by atoms with van der Waals surface area (Å²) in [6.45, 7) is 0.